The summed E-state index contributed by atoms with van der Waals surface area (Å²) in [6.45, 7) is 2.04. The number of rotatable bonds is 3. The van der Waals surface area contributed by atoms with E-state index in [2.05, 4.69) is 10.1 Å². The molecule has 4 nitrogen and oxygen atoms in total. The van der Waals surface area contributed by atoms with Crippen LogP contribution in [0.1, 0.15) is 6.92 Å². The van der Waals surface area contributed by atoms with Crippen LogP contribution in [0, 0.1) is 5.92 Å². The van der Waals surface area contributed by atoms with Crippen LogP contribution >= 0.6 is 0 Å². The molecular formula is C6H11NO3. The second-order valence-corrected chi connectivity index (χ2v) is 1.99. The molecular weight excluding hydrogens is 134 g/mol. The van der Waals surface area contributed by atoms with Crippen LogP contribution in [0.3, 0.4) is 0 Å². The first kappa shape index (κ1) is 8.94. The lowest BCUT2D eigenvalue weighted by Crippen LogP contribution is -2.28. The number of nitrogens with one attached hydrogen (secondary N) is 1. The lowest BCUT2D eigenvalue weighted by molar-refractivity contribution is -0.110. The zero-order chi connectivity index (χ0) is 7.98. The molecule has 0 spiro atoms. The Morgan fingerprint density at radius 1 is 1.80 bits per heavy atom. The Labute approximate surface area is 59.6 Å². The predicted molar refractivity (Wildman–Crippen MR) is 35.6 cm³/mol. The van der Waals surface area contributed by atoms with Gasteiger partial charge in [0.1, 0.15) is 6.29 Å². The molecule has 58 valence electrons. The summed E-state index contributed by atoms with van der Waals surface area (Å²) in [6, 6.07) is 0. The summed E-state index contributed by atoms with van der Waals surface area (Å²) in [7, 11) is 1.28. The minimum atomic E-state index is -0.506. The number of alkyl carbamates (subject to hydrolysis) is 1. The highest BCUT2D eigenvalue weighted by Crippen LogP contribution is 1.84. The molecule has 1 unspecified atom stereocenters. The Morgan fingerprint density at radius 2 is 2.40 bits per heavy atom. The molecule has 0 aliphatic rings. The smallest absolute Gasteiger partial charge is 0.406 e. The van der Waals surface area contributed by atoms with E-state index in [1.807, 2.05) is 0 Å². The molecule has 0 saturated heterocycles. The number of ether oxygens (including phenoxy) is 1. The first-order valence-corrected chi connectivity index (χ1v) is 2.97. The molecule has 0 fully saturated rings. The number of methoxy groups -OCH3 is 1. The molecule has 0 heterocycles. The highest BCUT2D eigenvalue weighted by atomic mass is 16.5. The molecule has 1 atom stereocenters. The van der Waals surface area contributed by atoms with Crippen molar-refractivity contribution in [1.29, 1.82) is 0 Å². The lowest BCUT2D eigenvalue weighted by Gasteiger charge is -2.03. The largest absolute Gasteiger partial charge is 0.453 e. The van der Waals surface area contributed by atoms with E-state index in [-0.39, 0.29) is 5.92 Å². The summed E-state index contributed by atoms with van der Waals surface area (Å²) in [5, 5.41) is 2.39. The Bertz CT molecular complexity index is 124. The molecule has 0 radical (unpaired) electrons. The standard InChI is InChI=1S/C6H11NO3/c1-5(4-8)3-7-6(9)10-2/h4-5H,3H2,1-2H3,(H,7,9). The minimum absolute atomic E-state index is 0.154. The molecule has 0 aromatic carbocycles. The first-order valence-electron chi connectivity index (χ1n) is 2.97. The molecule has 0 bridgehead atoms. The maximum absolute atomic E-state index is 10.4. The van der Waals surface area contributed by atoms with Gasteiger partial charge in [-0.1, -0.05) is 6.92 Å². The maximum atomic E-state index is 10.4. The van der Waals surface area contributed by atoms with Gasteiger partial charge in [0, 0.05) is 12.5 Å². The van der Waals surface area contributed by atoms with E-state index < -0.39 is 6.09 Å². The zero-order valence-corrected chi connectivity index (χ0v) is 6.09. The normalized spacial score (nSPS) is 11.8. The van der Waals surface area contributed by atoms with Gasteiger partial charge in [-0.15, -0.1) is 0 Å². The monoisotopic (exact) mass is 145 g/mol. The molecule has 0 aromatic rings. The number of hydrogen-bond acceptors (Lipinski definition) is 3. The van der Waals surface area contributed by atoms with Gasteiger partial charge in [-0.2, -0.15) is 0 Å². The highest BCUT2D eigenvalue weighted by molar-refractivity contribution is 5.67. The fourth-order valence-electron chi connectivity index (χ4n) is 0.365. The van der Waals surface area contributed by atoms with Crippen molar-refractivity contribution < 1.29 is 14.3 Å². The van der Waals surface area contributed by atoms with Crippen molar-refractivity contribution in [3.05, 3.63) is 0 Å². The third kappa shape index (κ3) is 3.88. The molecule has 10 heavy (non-hydrogen) atoms. The van der Waals surface area contributed by atoms with Gasteiger partial charge < -0.3 is 14.8 Å². The molecule has 0 aliphatic heterocycles. The number of amides is 1. The van der Waals surface area contributed by atoms with E-state index in [1.54, 1.807) is 6.92 Å². The van der Waals surface area contributed by atoms with E-state index in [4.69, 9.17) is 0 Å². The quantitative estimate of drug-likeness (QED) is 0.576. The van der Waals surface area contributed by atoms with Gasteiger partial charge >= 0.3 is 6.09 Å². The minimum Gasteiger partial charge on any atom is -0.453 e. The molecule has 0 aromatic heterocycles. The second-order valence-electron chi connectivity index (χ2n) is 1.99. The molecule has 1 amide bonds. The average molecular weight is 145 g/mol. The zero-order valence-electron chi connectivity index (χ0n) is 6.09. The van der Waals surface area contributed by atoms with Gasteiger partial charge in [-0.25, -0.2) is 4.79 Å². The van der Waals surface area contributed by atoms with Crippen molar-refractivity contribution in [1.82, 2.24) is 5.32 Å². The summed E-state index contributed by atoms with van der Waals surface area (Å²) >= 11 is 0. The Balaban J connectivity index is 3.34. The summed E-state index contributed by atoms with van der Waals surface area (Å²) in [5.74, 6) is -0.154. The Hall–Kier alpha value is -1.06. The fraction of sp³-hybridized carbons (Fsp3) is 0.667. The summed E-state index contributed by atoms with van der Waals surface area (Å²) in [4.78, 5) is 20.4. The second kappa shape index (κ2) is 4.78. The molecule has 1 N–H and O–H groups in total. The number of carbonyl (C=O) groups excluding carboxylic acids is 2. The van der Waals surface area contributed by atoms with E-state index in [9.17, 15) is 9.59 Å². The van der Waals surface area contributed by atoms with Crippen molar-refractivity contribution in [2.24, 2.45) is 5.92 Å². The van der Waals surface area contributed by atoms with Crippen LogP contribution in [0.5, 0.6) is 0 Å². The van der Waals surface area contributed by atoms with Crippen molar-refractivity contribution >= 4 is 12.4 Å². The van der Waals surface area contributed by atoms with Crippen LogP contribution in [-0.2, 0) is 9.53 Å². The van der Waals surface area contributed by atoms with Crippen LogP contribution in [0.2, 0.25) is 0 Å². The van der Waals surface area contributed by atoms with Crippen molar-refractivity contribution in [2.75, 3.05) is 13.7 Å². The van der Waals surface area contributed by atoms with E-state index >= 15 is 0 Å². The molecule has 0 rings (SSSR count). The van der Waals surface area contributed by atoms with Gasteiger partial charge in [0.2, 0.25) is 0 Å². The molecule has 4 heteroatoms. The van der Waals surface area contributed by atoms with Crippen LogP contribution in [0.25, 0.3) is 0 Å². The summed E-state index contributed by atoms with van der Waals surface area (Å²) in [5.41, 5.74) is 0. The third-order valence-electron chi connectivity index (χ3n) is 0.986. The van der Waals surface area contributed by atoms with Crippen LogP contribution in [0.15, 0.2) is 0 Å². The highest BCUT2D eigenvalue weighted by Gasteiger charge is 2.01. The fourth-order valence-corrected chi connectivity index (χ4v) is 0.365. The SMILES string of the molecule is COC(=O)NCC(C)C=O. The van der Waals surface area contributed by atoms with E-state index in [0.29, 0.717) is 6.54 Å². The van der Waals surface area contributed by atoms with Crippen LogP contribution in [0.4, 0.5) is 4.79 Å². The van der Waals surface area contributed by atoms with E-state index in [0.717, 1.165) is 6.29 Å². The van der Waals surface area contributed by atoms with Gasteiger partial charge in [0.25, 0.3) is 0 Å². The maximum Gasteiger partial charge on any atom is 0.406 e. The van der Waals surface area contributed by atoms with Crippen LogP contribution in [-0.4, -0.2) is 26.0 Å². The van der Waals surface area contributed by atoms with Crippen molar-refractivity contribution in [2.45, 2.75) is 6.92 Å². The predicted octanol–water partition coefficient (Wildman–Crippen LogP) is 0.177. The Kier molecular flexibility index (Phi) is 4.28. The number of carbonyl (C=O) groups is 2. The summed E-state index contributed by atoms with van der Waals surface area (Å²) < 4.78 is 4.28. The van der Waals surface area contributed by atoms with Crippen LogP contribution < -0.4 is 5.32 Å². The molecule has 0 aliphatic carbocycles. The topological polar surface area (TPSA) is 55.4 Å². The van der Waals surface area contributed by atoms with E-state index in [1.165, 1.54) is 7.11 Å². The van der Waals surface area contributed by atoms with Gasteiger partial charge in [0.05, 0.1) is 7.11 Å². The summed E-state index contributed by atoms with van der Waals surface area (Å²) in [6.07, 6.45) is 0.268. The Morgan fingerprint density at radius 3 is 2.80 bits per heavy atom. The van der Waals surface area contributed by atoms with Crippen molar-refractivity contribution in [3.63, 3.8) is 0 Å². The number of aldehydes is 1. The van der Waals surface area contributed by atoms with Gasteiger partial charge in [-0.05, 0) is 0 Å². The molecule has 0 saturated carbocycles. The van der Waals surface area contributed by atoms with Crippen molar-refractivity contribution in [3.8, 4) is 0 Å². The van der Waals surface area contributed by atoms with Gasteiger partial charge in [0.15, 0.2) is 0 Å². The first-order chi connectivity index (χ1) is 4.70. The van der Waals surface area contributed by atoms with Gasteiger partial charge in [-0.3, -0.25) is 0 Å². The lowest BCUT2D eigenvalue weighted by atomic mass is 10.2. The average Bonchev–Trinajstić information content (AvgIpc) is 1.99. The number of hydrogen-bond donors (Lipinski definition) is 1. The third-order valence-corrected chi connectivity index (χ3v) is 0.986.